The minimum absolute atomic E-state index is 0.129. The van der Waals surface area contributed by atoms with Crippen LogP contribution in [0.25, 0.3) is 11.6 Å². The fourth-order valence-corrected chi connectivity index (χ4v) is 4.12. The summed E-state index contributed by atoms with van der Waals surface area (Å²) in [5.41, 5.74) is 4.40. The summed E-state index contributed by atoms with van der Waals surface area (Å²) in [6, 6.07) is 12.8. The van der Waals surface area contributed by atoms with E-state index >= 15 is 0 Å². The molecule has 0 saturated carbocycles. The number of aryl methyl sites for hydroxylation is 1. The molecule has 0 bridgehead atoms. The number of nitrogens with zero attached hydrogens (tertiary/aromatic N) is 2. The Morgan fingerprint density at radius 1 is 1.21 bits per heavy atom. The molecule has 2 heterocycles. The summed E-state index contributed by atoms with van der Waals surface area (Å²) in [4.78, 5) is 29.3. The number of imidazole rings is 1. The van der Waals surface area contributed by atoms with Gasteiger partial charge in [-0.2, -0.15) is 0 Å². The molecule has 1 aliphatic rings. The van der Waals surface area contributed by atoms with E-state index in [-0.39, 0.29) is 5.91 Å². The van der Waals surface area contributed by atoms with Crippen LogP contribution < -0.4 is 5.32 Å². The highest BCUT2D eigenvalue weighted by Gasteiger charge is 2.24. The molecule has 33 heavy (non-hydrogen) atoms. The van der Waals surface area contributed by atoms with E-state index in [9.17, 15) is 9.59 Å². The Morgan fingerprint density at radius 2 is 2.03 bits per heavy atom. The van der Waals surface area contributed by atoms with Crippen molar-refractivity contribution in [2.24, 2.45) is 0 Å². The van der Waals surface area contributed by atoms with Crippen LogP contribution in [0.3, 0.4) is 0 Å². The number of carbonyl (C=O) groups excluding carboxylic acids is 2. The van der Waals surface area contributed by atoms with Gasteiger partial charge in [0.05, 0.1) is 36.2 Å². The van der Waals surface area contributed by atoms with Crippen molar-refractivity contribution in [3.05, 3.63) is 81.9 Å². The third-order valence-electron chi connectivity index (χ3n) is 5.62. The predicted molar refractivity (Wildman–Crippen MR) is 130 cm³/mol. The molecule has 4 rings (SSSR count). The zero-order valence-corrected chi connectivity index (χ0v) is 19.5. The monoisotopic (exact) mass is 463 g/mol. The lowest BCUT2D eigenvalue weighted by Gasteiger charge is -2.13. The number of unbranched alkanes of at least 4 members (excludes halogenated alkanes) is 1. The molecule has 1 amide bonds. The fraction of sp³-hybridized carbons (Fsp3) is 0.269. The average molecular weight is 464 g/mol. The summed E-state index contributed by atoms with van der Waals surface area (Å²) in [5.74, 6) is 0.408. The van der Waals surface area contributed by atoms with Crippen molar-refractivity contribution < 1.29 is 14.3 Å². The molecule has 6 nitrogen and oxygen atoms in total. The van der Waals surface area contributed by atoms with Gasteiger partial charge in [-0.05, 0) is 43.2 Å². The highest BCUT2D eigenvalue weighted by atomic mass is 35.5. The second kappa shape index (κ2) is 10.0. The molecule has 0 atom stereocenters. The number of hydrogen-bond acceptors (Lipinski definition) is 4. The van der Waals surface area contributed by atoms with Crippen LogP contribution in [0, 0.1) is 0 Å². The third-order valence-corrected chi connectivity index (χ3v) is 5.97. The Balaban J connectivity index is 1.70. The standard InChI is InChI=1S/C26H26ClN3O3/c1-3-5-10-24-28-15-19(14-21-20-8-6-7-9-23(20)29-25(21)31)30(24)16-18-12-11-17(13-22(18)27)26(32)33-4-2/h6-9,11-15H,3-5,10,16H2,1-2H3,(H,29,31). The fourth-order valence-electron chi connectivity index (χ4n) is 3.88. The Hall–Kier alpha value is -3.38. The molecule has 1 aromatic heterocycles. The minimum atomic E-state index is -0.395. The second-order valence-corrected chi connectivity index (χ2v) is 8.28. The molecule has 0 unspecified atom stereocenters. The van der Waals surface area contributed by atoms with E-state index in [1.807, 2.05) is 36.4 Å². The van der Waals surface area contributed by atoms with Crippen molar-refractivity contribution in [1.82, 2.24) is 9.55 Å². The van der Waals surface area contributed by atoms with Crippen LogP contribution >= 0.6 is 11.6 Å². The van der Waals surface area contributed by atoms with E-state index < -0.39 is 5.97 Å². The molecule has 1 N–H and O–H groups in total. The maximum Gasteiger partial charge on any atom is 0.338 e. The van der Waals surface area contributed by atoms with Gasteiger partial charge in [0.1, 0.15) is 5.82 Å². The summed E-state index contributed by atoms with van der Waals surface area (Å²) >= 11 is 6.54. The normalized spacial score (nSPS) is 13.8. The largest absolute Gasteiger partial charge is 0.462 e. The predicted octanol–water partition coefficient (Wildman–Crippen LogP) is 5.60. The Labute approximate surface area is 198 Å². The van der Waals surface area contributed by atoms with Crippen molar-refractivity contribution in [2.45, 2.75) is 39.7 Å². The van der Waals surface area contributed by atoms with Crippen molar-refractivity contribution >= 4 is 40.8 Å². The van der Waals surface area contributed by atoms with Gasteiger partial charge in [-0.25, -0.2) is 9.78 Å². The van der Waals surface area contributed by atoms with Crippen LogP contribution in [0.5, 0.6) is 0 Å². The Kier molecular flexibility index (Phi) is 6.94. The number of amides is 1. The SMILES string of the molecule is CCCCc1ncc(C=C2C(=O)Nc3ccccc32)n1Cc1ccc(C(=O)OCC)cc1Cl. The maximum atomic E-state index is 12.6. The first-order chi connectivity index (χ1) is 16.0. The minimum Gasteiger partial charge on any atom is -0.462 e. The number of esters is 1. The topological polar surface area (TPSA) is 73.2 Å². The van der Waals surface area contributed by atoms with Gasteiger partial charge in [-0.1, -0.05) is 49.2 Å². The molecule has 7 heteroatoms. The summed E-state index contributed by atoms with van der Waals surface area (Å²) < 4.78 is 7.15. The highest BCUT2D eigenvalue weighted by molar-refractivity contribution is 6.34. The zero-order valence-electron chi connectivity index (χ0n) is 18.7. The number of rotatable bonds is 8. The molecule has 0 radical (unpaired) electrons. The van der Waals surface area contributed by atoms with Gasteiger partial charge >= 0.3 is 5.97 Å². The van der Waals surface area contributed by atoms with Crippen LogP contribution in [-0.2, 0) is 22.5 Å². The lowest BCUT2D eigenvalue weighted by molar-refractivity contribution is -0.110. The molecule has 3 aromatic rings. The van der Waals surface area contributed by atoms with Crippen molar-refractivity contribution in [1.29, 1.82) is 0 Å². The number of ether oxygens (including phenoxy) is 1. The smallest absolute Gasteiger partial charge is 0.338 e. The van der Waals surface area contributed by atoms with E-state index in [1.54, 1.807) is 25.3 Å². The molecule has 2 aromatic carbocycles. The first kappa shape index (κ1) is 22.8. The molecule has 170 valence electrons. The molecule has 0 spiro atoms. The molecule has 1 aliphatic heterocycles. The van der Waals surface area contributed by atoms with Crippen LogP contribution in [0.15, 0.2) is 48.7 Å². The van der Waals surface area contributed by atoms with E-state index in [1.165, 1.54) is 0 Å². The van der Waals surface area contributed by atoms with E-state index in [2.05, 4.69) is 21.8 Å². The third kappa shape index (κ3) is 4.86. The lowest BCUT2D eigenvalue weighted by atomic mass is 10.1. The van der Waals surface area contributed by atoms with Gasteiger partial charge in [-0.15, -0.1) is 0 Å². The number of fused-ring (bicyclic) bond motifs is 1. The van der Waals surface area contributed by atoms with Gasteiger partial charge in [0.25, 0.3) is 5.91 Å². The van der Waals surface area contributed by atoms with Crippen LogP contribution in [0.2, 0.25) is 5.02 Å². The number of para-hydroxylation sites is 1. The van der Waals surface area contributed by atoms with Gasteiger partial charge in [0.2, 0.25) is 0 Å². The first-order valence-electron chi connectivity index (χ1n) is 11.1. The van der Waals surface area contributed by atoms with Gasteiger partial charge in [-0.3, -0.25) is 4.79 Å². The molecular weight excluding hydrogens is 438 g/mol. The number of benzene rings is 2. The Bertz CT molecular complexity index is 1230. The first-order valence-corrected chi connectivity index (χ1v) is 11.5. The molecule has 0 aliphatic carbocycles. The summed E-state index contributed by atoms with van der Waals surface area (Å²) in [7, 11) is 0. The van der Waals surface area contributed by atoms with Crippen LogP contribution in [0.4, 0.5) is 5.69 Å². The van der Waals surface area contributed by atoms with Gasteiger partial charge in [0, 0.05) is 22.7 Å². The van der Waals surface area contributed by atoms with E-state index in [0.29, 0.717) is 29.3 Å². The van der Waals surface area contributed by atoms with Crippen molar-refractivity contribution in [3.8, 4) is 0 Å². The number of aromatic nitrogens is 2. The zero-order chi connectivity index (χ0) is 23.4. The number of halogens is 1. The highest BCUT2D eigenvalue weighted by Crippen LogP contribution is 2.33. The summed E-state index contributed by atoms with van der Waals surface area (Å²) in [5, 5.41) is 3.40. The molecule has 0 saturated heterocycles. The molecular formula is C26H26ClN3O3. The van der Waals surface area contributed by atoms with Gasteiger partial charge < -0.3 is 14.6 Å². The number of carbonyl (C=O) groups is 2. The van der Waals surface area contributed by atoms with Crippen LogP contribution in [0.1, 0.15) is 59.7 Å². The van der Waals surface area contributed by atoms with Gasteiger partial charge in [0.15, 0.2) is 0 Å². The molecule has 0 fully saturated rings. The number of nitrogens with one attached hydrogen (secondary N) is 1. The van der Waals surface area contributed by atoms with Crippen LogP contribution in [-0.4, -0.2) is 28.0 Å². The average Bonchev–Trinajstić information content (AvgIpc) is 3.34. The Morgan fingerprint density at radius 3 is 2.79 bits per heavy atom. The maximum absolute atomic E-state index is 12.6. The number of anilines is 1. The second-order valence-electron chi connectivity index (χ2n) is 7.87. The summed E-state index contributed by atoms with van der Waals surface area (Å²) in [6.45, 7) is 4.69. The van der Waals surface area contributed by atoms with Crippen molar-refractivity contribution in [3.63, 3.8) is 0 Å². The quantitative estimate of drug-likeness (QED) is 0.348. The van der Waals surface area contributed by atoms with E-state index in [0.717, 1.165) is 47.6 Å². The van der Waals surface area contributed by atoms with E-state index in [4.69, 9.17) is 16.3 Å². The number of hydrogen-bond donors (Lipinski definition) is 1. The van der Waals surface area contributed by atoms with Crippen molar-refractivity contribution in [2.75, 3.05) is 11.9 Å². The summed E-state index contributed by atoms with van der Waals surface area (Å²) in [6.07, 6.45) is 6.55. The lowest BCUT2D eigenvalue weighted by Crippen LogP contribution is -2.10.